The van der Waals surface area contributed by atoms with Gasteiger partial charge in [-0.15, -0.1) is 0 Å². The molecule has 5 heteroatoms. The zero-order valence-corrected chi connectivity index (χ0v) is 15.4. The summed E-state index contributed by atoms with van der Waals surface area (Å²) in [6.07, 6.45) is 2.92. The molecule has 0 aromatic heterocycles. The normalized spacial score (nSPS) is 18.6. The van der Waals surface area contributed by atoms with E-state index in [9.17, 15) is 14.7 Å². The minimum Gasteiger partial charge on any atom is -0.481 e. The van der Waals surface area contributed by atoms with Gasteiger partial charge in [-0.05, 0) is 49.9 Å². The molecule has 0 saturated carbocycles. The van der Waals surface area contributed by atoms with Crippen LogP contribution >= 0.6 is 0 Å². The van der Waals surface area contributed by atoms with E-state index in [1.807, 2.05) is 53.4 Å². The molecule has 2 aromatic rings. The van der Waals surface area contributed by atoms with Crippen LogP contribution < -0.4 is 5.32 Å². The molecule has 0 aliphatic carbocycles. The molecule has 2 atom stereocenters. The van der Waals surface area contributed by atoms with Crippen molar-refractivity contribution in [3.8, 4) is 0 Å². The van der Waals surface area contributed by atoms with Crippen LogP contribution in [0.1, 0.15) is 24.8 Å². The number of carboxylic acids is 1. The molecule has 2 aromatic carbocycles. The fourth-order valence-corrected chi connectivity index (χ4v) is 3.67. The van der Waals surface area contributed by atoms with E-state index in [-0.39, 0.29) is 11.9 Å². The van der Waals surface area contributed by atoms with Gasteiger partial charge < -0.3 is 10.4 Å². The molecular formula is C22H26N2O3. The van der Waals surface area contributed by atoms with Gasteiger partial charge >= 0.3 is 5.97 Å². The van der Waals surface area contributed by atoms with Gasteiger partial charge in [-0.1, -0.05) is 48.5 Å². The Kier molecular flexibility index (Phi) is 6.60. The first-order valence-electron chi connectivity index (χ1n) is 9.50. The Balaban J connectivity index is 1.73. The molecule has 1 amide bonds. The quantitative estimate of drug-likeness (QED) is 0.788. The number of nitrogens with zero attached hydrogens (tertiary/aromatic N) is 1. The van der Waals surface area contributed by atoms with Gasteiger partial charge in [0.1, 0.15) is 0 Å². The number of amides is 1. The molecule has 1 aliphatic rings. The molecule has 2 unspecified atom stereocenters. The molecule has 0 spiro atoms. The summed E-state index contributed by atoms with van der Waals surface area (Å²) in [5, 5.41) is 12.4. The molecular weight excluding hydrogens is 340 g/mol. The van der Waals surface area contributed by atoms with Crippen molar-refractivity contribution in [2.24, 2.45) is 5.92 Å². The topological polar surface area (TPSA) is 69.6 Å². The maximum absolute atomic E-state index is 13.0. The van der Waals surface area contributed by atoms with Crippen molar-refractivity contribution >= 4 is 17.6 Å². The molecule has 27 heavy (non-hydrogen) atoms. The van der Waals surface area contributed by atoms with Gasteiger partial charge in [0.2, 0.25) is 5.91 Å². The van der Waals surface area contributed by atoms with Gasteiger partial charge in [0.25, 0.3) is 0 Å². The van der Waals surface area contributed by atoms with Crippen LogP contribution in [0.15, 0.2) is 60.7 Å². The smallest absolute Gasteiger partial charge is 0.307 e. The third-order valence-electron chi connectivity index (χ3n) is 5.14. The number of rotatable bonds is 7. The fraction of sp³-hybridized carbons (Fsp3) is 0.364. The van der Waals surface area contributed by atoms with E-state index in [0.29, 0.717) is 19.4 Å². The third kappa shape index (κ3) is 5.41. The van der Waals surface area contributed by atoms with Crippen LogP contribution in [-0.2, 0) is 16.0 Å². The highest BCUT2D eigenvalue weighted by Crippen LogP contribution is 2.22. The van der Waals surface area contributed by atoms with Crippen molar-refractivity contribution in [2.45, 2.75) is 31.7 Å². The highest BCUT2D eigenvalue weighted by molar-refractivity contribution is 5.94. The van der Waals surface area contributed by atoms with Crippen LogP contribution in [0.5, 0.6) is 0 Å². The number of aliphatic carboxylic acids is 1. The van der Waals surface area contributed by atoms with Crippen LogP contribution in [0.25, 0.3) is 0 Å². The first kappa shape index (κ1) is 19.1. The van der Waals surface area contributed by atoms with Crippen molar-refractivity contribution in [2.75, 3.05) is 18.4 Å². The standard InChI is InChI=1S/C22H26N2O3/c25-21(23-19-11-5-2-6-12-19)20(14-13-17-8-3-1-4-9-17)24-15-7-10-18(16-24)22(26)27/h1-6,8-9,11-12,18,20H,7,10,13-16H2,(H,23,25)(H,26,27). The van der Waals surface area contributed by atoms with Gasteiger partial charge in [0, 0.05) is 12.2 Å². The summed E-state index contributed by atoms with van der Waals surface area (Å²) < 4.78 is 0. The largest absolute Gasteiger partial charge is 0.481 e. The monoisotopic (exact) mass is 366 g/mol. The minimum atomic E-state index is -0.773. The second-order valence-electron chi connectivity index (χ2n) is 7.07. The summed E-state index contributed by atoms with van der Waals surface area (Å²) in [5.41, 5.74) is 1.95. The molecule has 0 radical (unpaired) electrons. The van der Waals surface area contributed by atoms with Crippen molar-refractivity contribution in [3.63, 3.8) is 0 Å². The predicted molar refractivity (Wildman–Crippen MR) is 106 cm³/mol. The fourth-order valence-electron chi connectivity index (χ4n) is 3.67. The number of carboxylic acid groups (broad SMARTS) is 1. The number of piperidine rings is 1. The maximum Gasteiger partial charge on any atom is 0.307 e. The zero-order valence-electron chi connectivity index (χ0n) is 15.4. The van der Waals surface area contributed by atoms with Crippen molar-refractivity contribution in [1.82, 2.24) is 4.90 Å². The van der Waals surface area contributed by atoms with Crippen molar-refractivity contribution < 1.29 is 14.7 Å². The molecule has 1 heterocycles. The average Bonchev–Trinajstić information content (AvgIpc) is 2.70. The lowest BCUT2D eigenvalue weighted by atomic mass is 9.94. The number of anilines is 1. The van der Waals surface area contributed by atoms with Crippen molar-refractivity contribution in [3.05, 3.63) is 66.2 Å². The Morgan fingerprint density at radius 3 is 2.41 bits per heavy atom. The Morgan fingerprint density at radius 1 is 1.07 bits per heavy atom. The van der Waals surface area contributed by atoms with E-state index in [2.05, 4.69) is 17.4 Å². The molecule has 1 aliphatic heterocycles. The van der Waals surface area contributed by atoms with E-state index >= 15 is 0 Å². The second-order valence-corrected chi connectivity index (χ2v) is 7.07. The predicted octanol–water partition coefficient (Wildman–Crippen LogP) is 3.42. The van der Waals surface area contributed by atoms with E-state index in [4.69, 9.17) is 0 Å². The molecule has 2 N–H and O–H groups in total. The van der Waals surface area contributed by atoms with Crippen LogP contribution in [0, 0.1) is 5.92 Å². The van der Waals surface area contributed by atoms with Crippen LogP contribution in [0.3, 0.4) is 0 Å². The lowest BCUT2D eigenvalue weighted by molar-refractivity contribution is -0.144. The Bertz CT molecular complexity index is 749. The summed E-state index contributed by atoms with van der Waals surface area (Å²) >= 11 is 0. The SMILES string of the molecule is O=C(O)C1CCCN(C(CCc2ccccc2)C(=O)Nc2ccccc2)C1. The number of aryl methyl sites for hydroxylation is 1. The summed E-state index contributed by atoms with van der Waals surface area (Å²) in [6, 6.07) is 19.1. The number of para-hydroxylation sites is 1. The number of hydrogen-bond acceptors (Lipinski definition) is 3. The van der Waals surface area contributed by atoms with Gasteiger partial charge in [0.05, 0.1) is 12.0 Å². The Hall–Kier alpha value is -2.66. The number of carbonyl (C=O) groups excluding carboxylic acids is 1. The molecule has 1 saturated heterocycles. The number of hydrogen-bond donors (Lipinski definition) is 2. The lowest BCUT2D eigenvalue weighted by Crippen LogP contribution is -2.50. The van der Waals surface area contributed by atoms with E-state index < -0.39 is 11.9 Å². The number of nitrogens with one attached hydrogen (secondary N) is 1. The van der Waals surface area contributed by atoms with Crippen LogP contribution in [0.2, 0.25) is 0 Å². The summed E-state index contributed by atoms with van der Waals surface area (Å²) in [5.74, 6) is -1.24. The minimum absolute atomic E-state index is 0.0665. The molecule has 0 bridgehead atoms. The number of carbonyl (C=O) groups is 2. The van der Waals surface area contributed by atoms with Gasteiger partial charge in [-0.3, -0.25) is 14.5 Å². The summed E-state index contributed by atoms with van der Waals surface area (Å²) in [6.45, 7) is 1.18. The first-order valence-corrected chi connectivity index (χ1v) is 9.50. The van der Waals surface area contributed by atoms with Gasteiger partial charge in [-0.2, -0.15) is 0 Å². The van der Waals surface area contributed by atoms with Crippen molar-refractivity contribution in [1.29, 1.82) is 0 Å². The lowest BCUT2D eigenvalue weighted by Gasteiger charge is -2.36. The van der Waals surface area contributed by atoms with E-state index in [0.717, 1.165) is 25.1 Å². The molecule has 5 nitrogen and oxygen atoms in total. The molecule has 1 fully saturated rings. The first-order chi connectivity index (χ1) is 13.1. The van der Waals surface area contributed by atoms with E-state index in [1.165, 1.54) is 5.56 Å². The van der Waals surface area contributed by atoms with Gasteiger partial charge in [-0.25, -0.2) is 0 Å². The third-order valence-corrected chi connectivity index (χ3v) is 5.14. The molecule has 142 valence electrons. The van der Waals surface area contributed by atoms with Gasteiger partial charge in [0.15, 0.2) is 0 Å². The number of likely N-dealkylation sites (tertiary alicyclic amines) is 1. The Labute approximate surface area is 160 Å². The second kappa shape index (κ2) is 9.33. The Morgan fingerprint density at radius 2 is 1.74 bits per heavy atom. The highest BCUT2D eigenvalue weighted by atomic mass is 16.4. The average molecular weight is 366 g/mol. The van der Waals surface area contributed by atoms with Crippen LogP contribution in [-0.4, -0.2) is 41.0 Å². The molecule has 3 rings (SSSR count). The number of benzene rings is 2. The highest BCUT2D eigenvalue weighted by Gasteiger charge is 2.33. The van der Waals surface area contributed by atoms with E-state index in [1.54, 1.807) is 0 Å². The summed E-state index contributed by atoms with van der Waals surface area (Å²) in [4.78, 5) is 26.5. The van der Waals surface area contributed by atoms with Crippen LogP contribution in [0.4, 0.5) is 5.69 Å². The summed E-state index contributed by atoms with van der Waals surface area (Å²) in [7, 11) is 0. The zero-order chi connectivity index (χ0) is 19.1. The maximum atomic E-state index is 13.0.